The molecule has 1 saturated heterocycles. The molecular formula is C16H32N2O. The molecule has 0 radical (unpaired) electrons. The third kappa shape index (κ3) is 3.93. The van der Waals surface area contributed by atoms with Gasteiger partial charge in [0.2, 0.25) is 0 Å². The Kier molecular flexibility index (Phi) is 5.27. The van der Waals surface area contributed by atoms with E-state index >= 15 is 0 Å². The monoisotopic (exact) mass is 268 g/mol. The van der Waals surface area contributed by atoms with Crippen molar-refractivity contribution >= 4 is 0 Å². The lowest BCUT2D eigenvalue weighted by Crippen LogP contribution is -2.51. The van der Waals surface area contributed by atoms with Gasteiger partial charge in [-0.05, 0) is 64.5 Å². The Morgan fingerprint density at radius 2 is 2.16 bits per heavy atom. The molecule has 3 heteroatoms. The Labute approximate surface area is 119 Å². The number of hydrogen-bond donors (Lipinski definition) is 1. The smallest absolute Gasteiger partial charge is 0.0777 e. The van der Waals surface area contributed by atoms with Crippen LogP contribution in [0.1, 0.15) is 46.0 Å². The van der Waals surface area contributed by atoms with Crippen molar-refractivity contribution in [2.75, 3.05) is 33.8 Å². The van der Waals surface area contributed by atoms with Gasteiger partial charge in [0.05, 0.1) is 5.60 Å². The Hall–Kier alpha value is -0.120. The topological polar surface area (TPSA) is 24.5 Å². The molecule has 2 fully saturated rings. The van der Waals surface area contributed by atoms with Crippen LogP contribution in [0.3, 0.4) is 0 Å². The standard InChI is InChI=1S/C16H32N2O/c1-13-6-7-15(17-3)14(10-13)11-18-9-5-8-16(2,12-18)19-4/h13-15,17H,5-12H2,1-4H3. The van der Waals surface area contributed by atoms with E-state index in [1.165, 1.54) is 45.2 Å². The molecule has 1 saturated carbocycles. The van der Waals surface area contributed by atoms with E-state index in [0.717, 1.165) is 18.4 Å². The SMILES string of the molecule is CNC1CCC(C)CC1CN1CCCC(C)(OC)C1. The summed E-state index contributed by atoms with van der Waals surface area (Å²) in [4.78, 5) is 2.64. The van der Waals surface area contributed by atoms with Crippen molar-refractivity contribution in [1.29, 1.82) is 0 Å². The number of likely N-dealkylation sites (tertiary alicyclic amines) is 1. The van der Waals surface area contributed by atoms with Crippen LogP contribution in [0.5, 0.6) is 0 Å². The lowest BCUT2D eigenvalue weighted by atomic mass is 9.78. The van der Waals surface area contributed by atoms with Crippen LogP contribution in [0.25, 0.3) is 0 Å². The summed E-state index contributed by atoms with van der Waals surface area (Å²) in [6, 6.07) is 0.715. The van der Waals surface area contributed by atoms with Crippen molar-refractivity contribution < 1.29 is 4.74 Å². The Balaban J connectivity index is 1.91. The van der Waals surface area contributed by atoms with Crippen molar-refractivity contribution in [2.45, 2.75) is 57.6 Å². The van der Waals surface area contributed by atoms with E-state index in [-0.39, 0.29) is 5.60 Å². The van der Waals surface area contributed by atoms with Gasteiger partial charge < -0.3 is 15.0 Å². The number of nitrogens with one attached hydrogen (secondary N) is 1. The van der Waals surface area contributed by atoms with Crippen molar-refractivity contribution in [2.24, 2.45) is 11.8 Å². The van der Waals surface area contributed by atoms with Gasteiger partial charge in [-0.1, -0.05) is 6.92 Å². The predicted molar refractivity (Wildman–Crippen MR) is 80.4 cm³/mol. The molecule has 0 bridgehead atoms. The van der Waals surface area contributed by atoms with Crippen LogP contribution in [0, 0.1) is 11.8 Å². The third-order valence-electron chi connectivity index (χ3n) is 5.34. The molecule has 0 spiro atoms. The van der Waals surface area contributed by atoms with Crippen molar-refractivity contribution in [3.8, 4) is 0 Å². The Bertz CT molecular complexity index is 284. The summed E-state index contributed by atoms with van der Waals surface area (Å²) in [5.41, 5.74) is 0.0771. The van der Waals surface area contributed by atoms with Gasteiger partial charge in [0.25, 0.3) is 0 Å². The average molecular weight is 268 g/mol. The predicted octanol–water partition coefficient (Wildman–Crippen LogP) is 2.51. The first-order valence-electron chi connectivity index (χ1n) is 8.01. The highest BCUT2D eigenvalue weighted by molar-refractivity contribution is 4.89. The van der Waals surface area contributed by atoms with Gasteiger partial charge >= 0.3 is 0 Å². The fourth-order valence-corrected chi connectivity index (χ4v) is 4.04. The summed E-state index contributed by atoms with van der Waals surface area (Å²) >= 11 is 0. The van der Waals surface area contributed by atoms with Crippen LogP contribution in [0.15, 0.2) is 0 Å². The van der Waals surface area contributed by atoms with E-state index in [4.69, 9.17) is 4.74 Å². The van der Waals surface area contributed by atoms with Crippen LogP contribution < -0.4 is 5.32 Å². The van der Waals surface area contributed by atoms with Crippen LogP contribution in [0.4, 0.5) is 0 Å². The summed E-state index contributed by atoms with van der Waals surface area (Å²) < 4.78 is 5.72. The third-order valence-corrected chi connectivity index (χ3v) is 5.34. The zero-order chi connectivity index (χ0) is 13.9. The van der Waals surface area contributed by atoms with Crippen LogP contribution in [-0.4, -0.2) is 50.3 Å². The van der Waals surface area contributed by atoms with Crippen LogP contribution in [-0.2, 0) is 4.74 Å². The highest BCUT2D eigenvalue weighted by atomic mass is 16.5. The van der Waals surface area contributed by atoms with Crippen molar-refractivity contribution in [3.63, 3.8) is 0 Å². The van der Waals surface area contributed by atoms with Crippen LogP contribution in [0.2, 0.25) is 0 Å². The van der Waals surface area contributed by atoms with Crippen LogP contribution >= 0.6 is 0 Å². The van der Waals surface area contributed by atoms with E-state index in [1.807, 2.05) is 7.11 Å². The van der Waals surface area contributed by atoms with Gasteiger partial charge in [-0.3, -0.25) is 0 Å². The molecule has 112 valence electrons. The number of nitrogens with zero attached hydrogens (tertiary/aromatic N) is 1. The molecule has 4 atom stereocenters. The van der Waals surface area contributed by atoms with E-state index in [2.05, 4.69) is 31.1 Å². The summed E-state index contributed by atoms with van der Waals surface area (Å²) in [5.74, 6) is 1.71. The molecule has 0 aromatic rings. The summed E-state index contributed by atoms with van der Waals surface area (Å²) in [6.07, 6.45) is 6.59. The molecule has 0 amide bonds. The molecule has 0 aromatic heterocycles. The van der Waals surface area contributed by atoms with Gasteiger partial charge in [-0.2, -0.15) is 0 Å². The minimum absolute atomic E-state index is 0.0771. The summed E-state index contributed by atoms with van der Waals surface area (Å²) in [6.45, 7) is 8.27. The second kappa shape index (κ2) is 6.55. The number of rotatable bonds is 4. The van der Waals surface area contributed by atoms with Crippen molar-refractivity contribution in [1.82, 2.24) is 10.2 Å². The maximum atomic E-state index is 5.72. The summed E-state index contributed by atoms with van der Waals surface area (Å²) in [7, 11) is 3.99. The minimum Gasteiger partial charge on any atom is -0.377 e. The highest BCUT2D eigenvalue weighted by Gasteiger charge is 2.34. The van der Waals surface area contributed by atoms with Gasteiger partial charge in [0.1, 0.15) is 0 Å². The lowest BCUT2D eigenvalue weighted by Gasteiger charge is -2.43. The highest BCUT2D eigenvalue weighted by Crippen LogP contribution is 2.31. The molecule has 4 unspecified atom stereocenters. The van der Waals surface area contributed by atoms with E-state index in [0.29, 0.717) is 6.04 Å². The van der Waals surface area contributed by atoms with Gasteiger partial charge in [0.15, 0.2) is 0 Å². The first kappa shape index (κ1) is 15.3. The maximum absolute atomic E-state index is 5.72. The van der Waals surface area contributed by atoms with Gasteiger partial charge in [-0.25, -0.2) is 0 Å². The molecule has 0 aromatic carbocycles. The fourth-order valence-electron chi connectivity index (χ4n) is 4.04. The second-order valence-corrected chi connectivity index (χ2v) is 7.07. The molecule has 3 nitrogen and oxygen atoms in total. The molecule has 1 aliphatic carbocycles. The number of ether oxygens (including phenoxy) is 1. The summed E-state index contributed by atoms with van der Waals surface area (Å²) in [5, 5.41) is 3.54. The quantitative estimate of drug-likeness (QED) is 0.848. The molecular weight excluding hydrogens is 236 g/mol. The molecule has 1 aliphatic heterocycles. The number of piperidine rings is 1. The normalized spacial score (nSPS) is 41.4. The largest absolute Gasteiger partial charge is 0.377 e. The van der Waals surface area contributed by atoms with E-state index in [1.54, 1.807) is 0 Å². The Morgan fingerprint density at radius 3 is 2.84 bits per heavy atom. The lowest BCUT2D eigenvalue weighted by molar-refractivity contribution is -0.0562. The second-order valence-electron chi connectivity index (χ2n) is 7.07. The molecule has 1 heterocycles. The first-order valence-corrected chi connectivity index (χ1v) is 8.01. The molecule has 19 heavy (non-hydrogen) atoms. The minimum atomic E-state index is 0.0771. The van der Waals surface area contributed by atoms with E-state index in [9.17, 15) is 0 Å². The number of hydrogen-bond acceptors (Lipinski definition) is 3. The van der Waals surface area contributed by atoms with E-state index < -0.39 is 0 Å². The van der Waals surface area contributed by atoms with Gasteiger partial charge in [-0.15, -0.1) is 0 Å². The zero-order valence-corrected chi connectivity index (χ0v) is 13.2. The zero-order valence-electron chi connectivity index (χ0n) is 13.2. The fraction of sp³-hybridized carbons (Fsp3) is 1.00. The van der Waals surface area contributed by atoms with Gasteiger partial charge in [0, 0.05) is 26.2 Å². The van der Waals surface area contributed by atoms with Crippen molar-refractivity contribution in [3.05, 3.63) is 0 Å². The first-order chi connectivity index (χ1) is 9.06. The molecule has 2 aliphatic rings. The maximum Gasteiger partial charge on any atom is 0.0777 e. The Morgan fingerprint density at radius 1 is 1.37 bits per heavy atom. The average Bonchev–Trinajstić information content (AvgIpc) is 2.39. The number of methoxy groups -OCH3 is 1. The molecule has 1 N–H and O–H groups in total. The molecule has 2 rings (SSSR count).